The maximum atomic E-state index is 12.1. The lowest BCUT2D eigenvalue weighted by Crippen LogP contribution is -2.47. The fourth-order valence-electron chi connectivity index (χ4n) is 3.38. The predicted molar refractivity (Wildman–Crippen MR) is 85.4 cm³/mol. The summed E-state index contributed by atoms with van der Waals surface area (Å²) in [6.45, 7) is 14.6. The van der Waals surface area contributed by atoms with Crippen LogP contribution in [0.25, 0.3) is 0 Å². The first-order chi connectivity index (χ1) is 9.88. The van der Waals surface area contributed by atoms with Crippen molar-refractivity contribution in [2.24, 2.45) is 17.3 Å². The van der Waals surface area contributed by atoms with E-state index < -0.39 is 0 Å². The number of likely N-dealkylation sites (tertiary alicyclic amines) is 1. The van der Waals surface area contributed by atoms with Gasteiger partial charge in [-0.15, -0.1) is 0 Å². The smallest absolute Gasteiger partial charge is 0.139 e. The molecule has 0 bridgehead atoms. The van der Waals surface area contributed by atoms with Crippen molar-refractivity contribution in [2.75, 3.05) is 39.3 Å². The van der Waals surface area contributed by atoms with Gasteiger partial charge in [-0.1, -0.05) is 27.7 Å². The van der Waals surface area contributed by atoms with Crippen LogP contribution in [0.15, 0.2) is 0 Å². The lowest BCUT2D eigenvalue weighted by atomic mass is 9.75. The molecule has 2 rings (SSSR count). The Bertz CT molecular complexity index is 345. The number of morpholine rings is 1. The van der Waals surface area contributed by atoms with Crippen LogP contribution in [-0.2, 0) is 9.53 Å². The summed E-state index contributed by atoms with van der Waals surface area (Å²) < 4.78 is 5.84. The Hall–Kier alpha value is -0.450. The number of ether oxygens (including phenoxy) is 1. The van der Waals surface area contributed by atoms with Crippen molar-refractivity contribution in [3.8, 4) is 0 Å². The number of carbonyl (C=O) groups excluding carboxylic acids is 1. The number of piperidine rings is 1. The number of Topliss-reactive ketones (excluding diaryl/α,β-unsaturated/α-hetero) is 1. The molecule has 122 valence electrons. The van der Waals surface area contributed by atoms with Gasteiger partial charge in [-0.2, -0.15) is 0 Å². The van der Waals surface area contributed by atoms with Crippen LogP contribution in [0, 0.1) is 17.3 Å². The summed E-state index contributed by atoms with van der Waals surface area (Å²) in [6, 6.07) is 0. The monoisotopic (exact) mass is 296 g/mol. The summed E-state index contributed by atoms with van der Waals surface area (Å²) in [7, 11) is 0. The zero-order chi connectivity index (χ0) is 15.5. The summed E-state index contributed by atoms with van der Waals surface area (Å²) in [4.78, 5) is 14.6. The number of hydrogen-bond acceptors (Lipinski definition) is 4. The van der Waals surface area contributed by atoms with E-state index >= 15 is 0 Å². The average molecular weight is 296 g/mol. The van der Waals surface area contributed by atoms with Crippen LogP contribution in [-0.4, -0.2) is 56.1 Å². The number of rotatable bonds is 4. The van der Waals surface area contributed by atoms with Gasteiger partial charge in [0.15, 0.2) is 0 Å². The van der Waals surface area contributed by atoms with Gasteiger partial charge in [-0.3, -0.25) is 4.79 Å². The highest BCUT2D eigenvalue weighted by Crippen LogP contribution is 2.31. The van der Waals surface area contributed by atoms with Crippen molar-refractivity contribution in [1.82, 2.24) is 10.2 Å². The highest BCUT2D eigenvalue weighted by atomic mass is 16.5. The lowest BCUT2D eigenvalue weighted by Gasteiger charge is -2.39. The zero-order valence-corrected chi connectivity index (χ0v) is 14.2. The van der Waals surface area contributed by atoms with Gasteiger partial charge in [0.1, 0.15) is 5.78 Å². The minimum Gasteiger partial charge on any atom is -0.375 e. The summed E-state index contributed by atoms with van der Waals surface area (Å²) >= 11 is 0. The van der Waals surface area contributed by atoms with Crippen molar-refractivity contribution < 1.29 is 9.53 Å². The number of hydrogen-bond donors (Lipinski definition) is 1. The van der Waals surface area contributed by atoms with E-state index in [2.05, 4.69) is 37.9 Å². The number of ketones is 1. The SMILES string of the molecule is CC(CCN1CCC(=O)C(C(C)(C)C)C1)C1CNCCO1. The van der Waals surface area contributed by atoms with Crippen LogP contribution in [0.3, 0.4) is 0 Å². The molecule has 0 spiro atoms. The Kier molecular flexibility index (Phi) is 5.81. The first-order valence-electron chi connectivity index (χ1n) is 8.45. The molecule has 0 radical (unpaired) electrons. The highest BCUT2D eigenvalue weighted by Gasteiger charge is 2.35. The second-order valence-electron chi connectivity index (χ2n) is 7.81. The van der Waals surface area contributed by atoms with Gasteiger partial charge in [-0.05, 0) is 24.3 Å². The minimum absolute atomic E-state index is 0.0811. The topological polar surface area (TPSA) is 41.6 Å². The largest absolute Gasteiger partial charge is 0.375 e. The van der Waals surface area contributed by atoms with Gasteiger partial charge < -0.3 is 15.0 Å². The molecule has 0 aliphatic carbocycles. The third-order valence-electron chi connectivity index (χ3n) is 5.04. The van der Waals surface area contributed by atoms with Crippen molar-refractivity contribution in [2.45, 2.75) is 46.6 Å². The Labute approximate surface area is 129 Å². The number of nitrogens with zero attached hydrogens (tertiary/aromatic N) is 1. The molecule has 0 aromatic rings. The molecular formula is C17H32N2O2. The van der Waals surface area contributed by atoms with E-state index in [0.29, 0.717) is 17.8 Å². The van der Waals surface area contributed by atoms with Crippen LogP contribution >= 0.6 is 0 Å². The molecule has 2 heterocycles. The van der Waals surface area contributed by atoms with Gasteiger partial charge in [0.2, 0.25) is 0 Å². The normalized spacial score (nSPS) is 30.4. The Morgan fingerprint density at radius 2 is 2.19 bits per heavy atom. The Balaban J connectivity index is 1.79. The molecule has 2 aliphatic heterocycles. The van der Waals surface area contributed by atoms with Gasteiger partial charge in [-0.25, -0.2) is 0 Å². The van der Waals surface area contributed by atoms with Gasteiger partial charge >= 0.3 is 0 Å². The molecule has 21 heavy (non-hydrogen) atoms. The molecule has 2 aliphatic rings. The standard InChI is InChI=1S/C17H32N2O2/c1-13(16-11-18-7-10-21-16)5-8-19-9-6-15(20)14(12-19)17(2,3)4/h13-14,16,18H,5-12H2,1-4H3. The molecule has 1 N–H and O–H groups in total. The van der Waals surface area contributed by atoms with Gasteiger partial charge in [0, 0.05) is 38.5 Å². The Morgan fingerprint density at radius 3 is 2.81 bits per heavy atom. The van der Waals surface area contributed by atoms with Crippen molar-refractivity contribution >= 4 is 5.78 Å². The second-order valence-corrected chi connectivity index (χ2v) is 7.81. The van der Waals surface area contributed by atoms with E-state index in [4.69, 9.17) is 4.74 Å². The van der Waals surface area contributed by atoms with Crippen molar-refractivity contribution in [3.63, 3.8) is 0 Å². The molecule has 2 fully saturated rings. The lowest BCUT2D eigenvalue weighted by molar-refractivity contribution is -0.130. The minimum atomic E-state index is 0.0811. The molecule has 4 heteroatoms. The summed E-state index contributed by atoms with van der Waals surface area (Å²) in [5.74, 6) is 1.21. The average Bonchev–Trinajstić information content (AvgIpc) is 2.45. The predicted octanol–water partition coefficient (Wildman–Crippen LogP) is 1.94. The summed E-state index contributed by atoms with van der Waals surface area (Å²) in [6.07, 6.45) is 2.22. The highest BCUT2D eigenvalue weighted by molar-refractivity contribution is 5.82. The molecule has 3 unspecified atom stereocenters. The van der Waals surface area contributed by atoms with E-state index in [1.165, 1.54) is 0 Å². The quantitative estimate of drug-likeness (QED) is 0.861. The Morgan fingerprint density at radius 1 is 1.43 bits per heavy atom. The fraction of sp³-hybridized carbons (Fsp3) is 0.941. The van der Waals surface area contributed by atoms with Gasteiger partial charge in [0.25, 0.3) is 0 Å². The zero-order valence-electron chi connectivity index (χ0n) is 14.2. The molecule has 3 atom stereocenters. The number of nitrogens with one attached hydrogen (secondary N) is 1. The van der Waals surface area contributed by atoms with Crippen LogP contribution in [0.5, 0.6) is 0 Å². The van der Waals surface area contributed by atoms with Crippen LogP contribution in [0.1, 0.15) is 40.5 Å². The van der Waals surface area contributed by atoms with Crippen LogP contribution in [0.2, 0.25) is 0 Å². The summed E-state index contributed by atoms with van der Waals surface area (Å²) in [5, 5.41) is 3.40. The van der Waals surface area contributed by atoms with Gasteiger partial charge in [0.05, 0.1) is 12.7 Å². The second kappa shape index (κ2) is 7.21. The molecule has 0 saturated carbocycles. The van der Waals surface area contributed by atoms with E-state index in [-0.39, 0.29) is 11.3 Å². The molecule has 0 aromatic carbocycles. The molecule has 2 saturated heterocycles. The molecule has 0 amide bonds. The van der Waals surface area contributed by atoms with Crippen molar-refractivity contribution in [3.05, 3.63) is 0 Å². The molecular weight excluding hydrogens is 264 g/mol. The third-order valence-corrected chi connectivity index (χ3v) is 5.04. The maximum Gasteiger partial charge on any atom is 0.139 e. The van der Waals surface area contributed by atoms with E-state index in [0.717, 1.165) is 52.2 Å². The van der Waals surface area contributed by atoms with E-state index in [9.17, 15) is 4.79 Å². The van der Waals surface area contributed by atoms with Crippen LogP contribution < -0.4 is 5.32 Å². The molecule has 4 nitrogen and oxygen atoms in total. The van der Waals surface area contributed by atoms with Crippen molar-refractivity contribution in [1.29, 1.82) is 0 Å². The first-order valence-corrected chi connectivity index (χ1v) is 8.45. The number of carbonyl (C=O) groups is 1. The maximum absolute atomic E-state index is 12.1. The first kappa shape index (κ1) is 16.9. The van der Waals surface area contributed by atoms with E-state index in [1.54, 1.807) is 0 Å². The van der Waals surface area contributed by atoms with E-state index in [1.807, 2.05) is 0 Å². The summed E-state index contributed by atoms with van der Waals surface area (Å²) in [5.41, 5.74) is 0.0811. The third kappa shape index (κ3) is 4.76. The van der Waals surface area contributed by atoms with Crippen LogP contribution in [0.4, 0.5) is 0 Å². The molecule has 0 aromatic heterocycles. The fourth-order valence-corrected chi connectivity index (χ4v) is 3.38.